The lowest BCUT2D eigenvalue weighted by Gasteiger charge is -2.27. The predicted octanol–water partition coefficient (Wildman–Crippen LogP) is 2.86. The normalized spacial score (nSPS) is 15.1. The predicted molar refractivity (Wildman–Crippen MR) is 44.8 cm³/mol. The molecule has 2 nitrogen and oxygen atoms in total. The van der Waals surface area contributed by atoms with Gasteiger partial charge in [-0.15, -0.1) is 0 Å². The average Bonchev–Trinajstić information content (AvgIpc) is 2.14. The largest absolute Gasteiger partial charge is 0.403 e. The molecular formula is C9H7F6NO. The maximum atomic E-state index is 12.3. The lowest BCUT2D eigenvalue weighted by atomic mass is 9.96. The van der Waals surface area contributed by atoms with E-state index in [0.717, 1.165) is 18.3 Å². The monoisotopic (exact) mass is 259 g/mol. The second-order valence-corrected chi connectivity index (χ2v) is 3.29. The Morgan fingerprint density at radius 2 is 1.59 bits per heavy atom. The number of alkyl halides is 6. The molecule has 17 heavy (non-hydrogen) atoms. The number of pyridine rings is 1. The van der Waals surface area contributed by atoms with Gasteiger partial charge in [0, 0.05) is 12.4 Å². The third-order valence-electron chi connectivity index (χ3n) is 2.05. The van der Waals surface area contributed by atoms with Crippen LogP contribution >= 0.6 is 0 Å². The Morgan fingerprint density at radius 3 is 1.94 bits per heavy atom. The van der Waals surface area contributed by atoms with Gasteiger partial charge in [0.2, 0.25) is 0 Å². The van der Waals surface area contributed by atoms with Crippen LogP contribution in [0.4, 0.5) is 26.3 Å². The van der Waals surface area contributed by atoms with Gasteiger partial charge in [-0.05, 0) is 11.6 Å². The SMILES string of the molecule is OC(c1cccnc1)C(C(F)(F)F)C(F)(F)F. The highest BCUT2D eigenvalue weighted by atomic mass is 19.4. The van der Waals surface area contributed by atoms with Gasteiger partial charge < -0.3 is 5.11 Å². The van der Waals surface area contributed by atoms with Gasteiger partial charge in [-0.2, -0.15) is 26.3 Å². The summed E-state index contributed by atoms with van der Waals surface area (Å²) >= 11 is 0. The number of nitrogens with zero attached hydrogens (tertiary/aromatic N) is 1. The van der Waals surface area contributed by atoms with Crippen molar-refractivity contribution in [2.24, 2.45) is 5.92 Å². The van der Waals surface area contributed by atoms with Crippen LogP contribution in [0.15, 0.2) is 24.5 Å². The molecular weight excluding hydrogens is 252 g/mol. The summed E-state index contributed by atoms with van der Waals surface area (Å²) in [6.07, 6.45) is -11.9. The molecule has 0 aliphatic heterocycles. The summed E-state index contributed by atoms with van der Waals surface area (Å²) in [7, 11) is 0. The Labute approximate surface area is 91.9 Å². The van der Waals surface area contributed by atoms with Crippen molar-refractivity contribution in [1.82, 2.24) is 4.98 Å². The van der Waals surface area contributed by atoms with Crippen molar-refractivity contribution in [3.63, 3.8) is 0 Å². The number of aliphatic hydroxyl groups is 1. The third-order valence-corrected chi connectivity index (χ3v) is 2.05. The van der Waals surface area contributed by atoms with Crippen molar-refractivity contribution in [3.05, 3.63) is 30.1 Å². The van der Waals surface area contributed by atoms with Gasteiger partial charge in [0.25, 0.3) is 0 Å². The van der Waals surface area contributed by atoms with E-state index in [9.17, 15) is 31.4 Å². The Balaban J connectivity index is 3.09. The number of hydrogen-bond acceptors (Lipinski definition) is 2. The first-order valence-electron chi connectivity index (χ1n) is 4.35. The maximum Gasteiger partial charge on any atom is 0.403 e. The lowest BCUT2D eigenvalue weighted by Crippen LogP contribution is -2.40. The fraction of sp³-hybridized carbons (Fsp3) is 0.444. The van der Waals surface area contributed by atoms with Crippen LogP contribution in [0, 0.1) is 5.92 Å². The summed E-state index contributed by atoms with van der Waals surface area (Å²) in [5.41, 5.74) is -0.535. The first-order chi connectivity index (χ1) is 7.64. The molecule has 0 radical (unpaired) electrons. The summed E-state index contributed by atoms with van der Waals surface area (Å²) in [5.74, 6) is -3.82. The molecule has 0 aromatic carbocycles. The van der Waals surface area contributed by atoms with Gasteiger partial charge in [0.1, 0.15) is 6.10 Å². The van der Waals surface area contributed by atoms with Crippen LogP contribution in [-0.4, -0.2) is 22.4 Å². The molecule has 0 amide bonds. The molecule has 0 fully saturated rings. The van der Waals surface area contributed by atoms with Gasteiger partial charge in [0.15, 0.2) is 5.92 Å². The van der Waals surface area contributed by atoms with Gasteiger partial charge in [-0.1, -0.05) is 6.07 Å². The Hall–Kier alpha value is -1.31. The van der Waals surface area contributed by atoms with Crippen molar-refractivity contribution in [2.45, 2.75) is 18.5 Å². The van der Waals surface area contributed by atoms with Crippen molar-refractivity contribution in [1.29, 1.82) is 0 Å². The van der Waals surface area contributed by atoms with E-state index in [2.05, 4.69) is 4.98 Å². The van der Waals surface area contributed by atoms with Crippen LogP contribution in [-0.2, 0) is 0 Å². The van der Waals surface area contributed by atoms with E-state index in [1.807, 2.05) is 0 Å². The number of rotatable bonds is 2. The average molecular weight is 259 g/mol. The van der Waals surface area contributed by atoms with E-state index in [1.54, 1.807) is 0 Å². The standard InChI is InChI=1S/C9H7F6NO/c10-8(11,12)7(9(13,14)15)6(17)5-2-1-3-16-4-5/h1-4,6-7,17H. The number of halogens is 6. The van der Waals surface area contributed by atoms with E-state index in [4.69, 9.17) is 0 Å². The fourth-order valence-electron chi connectivity index (χ4n) is 1.29. The third kappa shape index (κ3) is 3.32. The van der Waals surface area contributed by atoms with Gasteiger partial charge in [-0.25, -0.2) is 0 Å². The molecule has 1 unspecified atom stereocenters. The Bertz CT molecular complexity index is 346. The van der Waals surface area contributed by atoms with Crippen LogP contribution in [0.3, 0.4) is 0 Å². The zero-order valence-corrected chi connectivity index (χ0v) is 8.13. The quantitative estimate of drug-likeness (QED) is 0.828. The van der Waals surface area contributed by atoms with Crippen LogP contribution in [0.5, 0.6) is 0 Å². The molecule has 1 N–H and O–H groups in total. The zero-order chi connectivity index (χ0) is 13.3. The van der Waals surface area contributed by atoms with E-state index in [0.29, 0.717) is 0 Å². The molecule has 0 bridgehead atoms. The van der Waals surface area contributed by atoms with E-state index < -0.39 is 29.9 Å². The number of aromatic nitrogens is 1. The molecule has 0 saturated carbocycles. The molecule has 0 saturated heterocycles. The Morgan fingerprint density at radius 1 is 1.06 bits per heavy atom. The fourth-order valence-corrected chi connectivity index (χ4v) is 1.29. The topological polar surface area (TPSA) is 33.1 Å². The van der Waals surface area contributed by atoms with Crippen LogP contribution in [0.25, 0.3) is 0 Å². The van der Waals surface area contributed by atoms with Crippen LogP contribution in [0.2, 0.25) is 0 Å². The summed E-state index contributed by atoms with van der Waals surface area (Å²) in [6, 6.07) is 2.09. The summed E-state index contributed by atoms with van der Waals surface area (Å²) in [4.78, 5) is 3.36. The second-order valence-electron chi connectivity index (χ2n) is 3.29. The minimum Gasteiger partial charge on any atom is -0.387 e. The first-order valence-corrected chi connectivity index (χ1v) is 4.35. The van der Waals surface area contributed by atoms with Gasteiger partial charge in [-0.3, -0.25) is 4.98 Å². The molecule has 96 valence electrons. The molecule has 0 spiro atoms. The van der Waals surface area contributed by atoms with E-state index >= 15 is 0 Å². The first kappa shape index (κ1) is 13.8. The highest BCUT2D eigenvalue weighted by Gasteiger charge is 2.60. The smallest absolute Gasteiger partial charge is 0.387 e. The molecule has 0 aliphatic carbocycles. The second kappa shape index (κ2) is 4.52. The van der Waals surface area contributed by atoms with Crippen molar-refractivity contribution in [2.75, 3.05) is 0 Å². The molecule has 0 aliphatic rings. The van der Waals surface area contributed by atoms with E-state index in [-0.39, 0.29) is 0 Å². The number of hydrogen-bond donors (Lipinski definition) is 1. The molecule has 1 rings (SSSR count). The molecule has 1 aromatic rings. The highest BCUT2D eigenvalue weighted by Crippen LogP contribution is 2.46. The van der Waals surface area contributed by atoms with Crippen molar-refractivity contribution < 1.29 is 31.4 Å². The summed E-state index contributed by atoms with van der Waals surface area (Å²) in [5, 5.41) is 9.17. The maximum absolute atomic E-state index is 12.3. The number of aliphatic hydroxyl groups excluding tert-OH is 1. The minimum atomic E-state index is -5.58. The Kier molecular flexibility index (Phi) is 3.65. The van der Waals surface area contributed by atoms with Gasteiger partial charge in [0.05, 0.1) is 0 Å². The van der Waals surface area contributed by atoms with Crippen LogP contribution in [0.1, 0.15) is 11.7 Å². The lowest BCUT2D eigenvalue weighted by molar-refractivity contribution is -0.307. The molecule has 1 atom stereocenters. The minimum absolute atomic E-state index is 0.535. The summed E-state index contributed by atoms with van der Waals surface area (Å²) < 4.78 is 73.5. The highest BCUT2D eigenvalue weighted by molar-refractivity contribution is 5.14. The van der Waals surface area contributed by atoms with Gasteiger partial charge >= 0.3 is 12.4 Å². The zero-order valence-electron chi connectivity index (χ0n) is 8.13. The molecule has 1 aromatic heterocycles. The van der Waals surface area contributed by atoms with Crippen molar-refractivity contribution in [3.8, 4) is 0 Å². The van der Waals surface area contributed by atoms with Crippen molar-refractivity contribution >= 4 is 0 Å². The van der Waals surface area contributed by atoms with E-state index in [1.165, 1.54) is 6.20 Å². The molecule has 1 heterocycles. The summed E-state index contributed by atoms with van der Waals surface area (Å²) in [6.45, 7) is 0. The molecule has 8 heteroatoms. The van der Waals surface area contributed by atoms with Crippen LogP contribution < -0.4 is 0 Å².